The van der Waals surface area contributed by atoms with Gasteiger partial charge >= 0.3 is 0 Å². The van der Waals surface area contributed by atoms with Crippen molar-refractivity contribution in [3.8, 4) is 16.8 Å². The maximum Gasteiger partial charge on any atom is 0.0582 e. The summed E-state index contributed by atoms with van der Waals surface area (Å²) in [5, 5.41) is 10.1. The van der Waals surface area contributed by atoms with Gasteiger partial charge in [0.1, 0.15) is 0 Å². The normalized spacial score (nSPS) is 14.7. The van der Waals surface area contributed by atoms with Crippen LogP contribution in [0.4, 0.5) is 17.1 Å². The molecule has 1 aromatic heterocycles. The minimum Gasteiger partial charge on any atom is -0.309 e. The molecule has 0 bridgehead atoms. The van der Waals surface area contributed by atoms with Gasteiger partial charge in [-0.25, -0.2) is 0 Å². The fourth-order valence-corrected chi connectivity index (χ4v) is 10.4. The lowest BCUT2D eigenvalue weighted by Gasteiger charge is -2.42. The van der Waals surface area contributed by atoms with E-state index < -0.39 is 0 Å². The molecule has 3 heterocycles. The van der Waals surface area contributed by atoms with Gasteiger partial charge in [-0.05, 0) is 97.4 Å². The molecule has 0 saturated heterocycles. The van der Waals surface area contributed by atoms with Gasteiger partial charge in [-0.15, -0.1) is 0 Å². The predicted octanol–water partition coefficient (Wildman–Crippen LogP) is 14.7. The maximum atomic E-state index is 2.61. The Morgan fingerprint density at radius 2 is 0.911 bits per heavy atom. The first-order valence-electron chi connectivity index (χ1n) is 19.9. The largest absolute Gasteiger partial charge is 0.309 e. The molecule has 56 heavy (non-hydrogen) atoms. The third-order valence-electron chi connectivity index (χ3n) is 13.3. The highest BCUT2D eigenvalue weighted by atomic mass is 15.1. The van der Waals surface area contributed by atoms with Crippen molar-refractivity contribution < 1.29 is 0 Å². The zero-order chi connectivity index (χ0) is 37.5. The first-order chi connectivity index (χ1) is 27.3. The van der Waals surface area contributed by atoms with Crippen LogP contribution in [0.15, 0.2) is 170 Å². The molecule has 0 unspecified atom stereocenters. The van der Waals surface area contributed by atoms with E-state index in [0.717, 1.165) is 5.69 Å². The average molecular weight is 717 g/mol. The predicted molar refractivity (Wildman–Crippen MR) is 238 cm³/mol. The van der Waals surface area contributed by atoms with Gasteiger partial charge in [-0.1, -0.05) is 155 Å². The Bertz CT molecular complexity index is 3230. The van der Waals surface area contributed by atoms with Crippen LogP contribution in [0, 0.1) is 0 Å². The van der Waals surface area contributed by atoms with Gasteiger partial charge in [0.05, 0.1) is 28.1 Å². The third-order valence-corrected chi connectivity index (χ3v) is 13.3. The first-order valence-corrected chi connectivity index (χ1v) is 19.9. The summed E-state index contributed by atoms with van der Waals surface area (Å²) in [7, 11) is 0. The Labute approximate surface area is 326 Å². The SMILES string of the molecule is CC1(C)c2cccc3c2-n2c4c1cccc4c1cc(-c4ccc5cc(N(c6cccc7ccccc67)c6cccc7ccccc67)ccc5c4)cc(c12)C3(C)C. The summed E-state index contributed by atoms with van der Waals surface area (Å²) in [5.74, 6) is 0. The molecule has 12 rings (SSSR count). The summed E-state index contributed by atoms with van der Waals surface area (Å²) < 4.78 is 2.61. The third kappa shape index (κ3) is 4.11. The zero-order valence-corrected chi connectivity index (χ0v) is 32.1. The van der Waals surface area contributed by atoms with Gasteiger partial charge in [-0.3, -0.25) is 0 Å². The molecule has 9 aromatic carbocycles. The van der Waals surface area contributed by atoms with Crippen molar-refractivity contribution in [3.05, 3.63) is 192 Å². The summed E-state index contributed by atoms with van der Waals surface area (Å²) in [4.78, 5) is 2.44. The smallest absolute Gasteiger partial charge is 0.0582 e. The highest BCUT2D eigenvalue weighted by molar-refractivity contribution is 6.15. The number of hydrogen-bond acceptors (Lipinski definition) is 1. The lowest BCUT2D eigenvalue weighted by Crippen LogP contribution is -2.33. The van der Waals surface area contributed by atoms with Crippen molar-refractivity contribution in [1.29, 1.82) is 0 Å². The summed E-state index contributed by atoms with van der Waals surface area (Å²) in [5.41, 5.74) is 15.5. The highest BCUT2D eigenvalue weighted by Gasteiger charge is 2.43. The van der Waals surface area contributed by atoms with Crippen molar-refractivity contribution in [2.24, 2.45) is 0 Å². The van der Waals surface area contributed by atoms with Gasteiger partial charge in [0.15, 0.2) is 0 Å². The molecule has 266 valence electrons. The van der Waals surface area contributed by atoms with Crippen LogP contribution in [-0.2, 0) is 10.8 Å². The average Bonchev–Trinajstić information content (AvgIpc) is 3.57. The van der Waals surface area contributed by atoms with Crippen LogP contribution in [0.5, 0.6) is 0 Å². The van der Waals surface area contributed by atoms with Crippen molar-refractivity contribution in [2.75, 3.05) is 4.90 Å². The molecule has 2 nitrogen and oxygen atoms in total. The fraction of sp³-hybridized carbons (Fsp3) is 0.111. The molecule has 10 aromatic rings. The van der Waals surface area contributed by atoms with Crippen LogP contribution in [0.25, 0.3) is 70.9 Å². The van der Waals surface area contributed by atoms with E-state index in [1.807, 2.05) is 0 Å². The van der Waals surface area contributed by atoms with Crippen LogP contribution in [0.1, 0.15) is 49.9 Å². The van der Waals surface area contributed by atoms with Crippen molar-refractivity contribution in [1.82, 2.24) is 4.57 Å². The second-order valence-electron chi connectivity index (χ2n) is 17.0. The van der Waals surface area contributed by atoms with Gasteiger partial charge < -0.3 is 9.47 Å². The highest BCUT2D eigenvalue weighted by Crippen LogP contribution is 2.56. The number of nitrogens with zero attached hydrogens (tertiary/aromatic N) is 2. The number of hydrogen-bond donors (Lipinski definition) is 0. The molecule has 2 aliphatic rings. The Balaban J connectivity index is 1.05. The minimum atomic E-state index is -0.157. The van der Waals surface area contributed by atoms with Crippen LogP contribution in [-0.4, -0.2) is 4.57 Å². The van der Waals surface area contributed by atoms with E-state index in [0.29, 0.717) is 0 Å². The Morgan fingerprint density at radius 3 is 1.62 bits per heavy atom. The van der Waals surface area contributed by atoms with E-state index in [1.165, 1.54) is 105 Å². The molecular formula is C54H40N2. The van der Waals surface area contributed by atoms with Gasteiger partial charge in [0.25, 0.3) is 0 Å². The van der Waals surface area contributed by atoms with E-state index >= 15 is 0 Å². The standard InChI is InChI=1S/C54H40N2/c1-53(2)44-20-11-19-42-43-31-38(32-47-51(43)56(50(42)44)52-45(53)21-12-22-46(52)54(47,3)4)36-25-26-37-30-39(28-27-35(37)29-36)55(48-23-9-15-33-13-5-7-17-40(33)48)49-24-10-16-34-14-6-8-18-41(34)49/h5-32H,1-4H3. The van der Waals surface area contributed by atoms with Crippen LogP contribution < -0.4 is 4.90 Å². The summed E-state index contributed by atoms with van der Waals surface area (Å²) >= 11 is 0. The monoisotopic (exact) mass is 716 g/mol. The second-order valence-corrected chi connectivity index (χ2v) is 17.0. The van der Waals surface area contributed by atoms with E-state index in [1.54, 1.807) is 0 Å². The topological polar surface area (TPSA) is 8.17 Å². The lowest BCUT2D eigenvalue weighted by atomic mass is 9.68. The number of para-hydroxylation sites is 2. The molecule has 0 spiro atoms. The van der Waals surface area contributed by atoms with Crippen molar-refractivity contribution >= 4 is 71.2 Å². The van der Waals surface area contributed by atoms with Crippen LogP contribution in [0.2, 0.25) is 0 Å². The Kier molecular flexibility index (Phi) is 6.22. The summed E-state index contributed by atoms with van der Waals surface area (Å²) in [6, 6.07) is 63.6. The number of benzene rings is 9. The van der Waals surface area contributed by atoms with Gasteiger partial charge in [-0.2, -0.15) is 0 Å². The molecule has 0 fully saturated rings. The molecule has 0 radical (unpaired) electrons. The fourth-order valence-electron chi connectivity index (χ4n) is 10.4. The second kappa shape index (κ2) is 11.0. The molecule has 0 amide bonds. The number of rotatable bonds is 4. The Morgan fingerprint density at radius 1 is 0.375 bits per heavy atom. The molecule has 0 saturated carbocycles. The number of anilines is 3. The van der Waals surface area contributed by atoms with Crippen LogP contribution >= 0.6 is 0 Å². The van der Waals surface area contributed by atoms with Gasteiger partial charge in [0, 0.05) is 38.1 Å². The zero-order valence-electron chi connectivity index (χ0n) is 32.1. The molecule has 0 aliphatic carbocycles. The molecule has 0 atom stereocenters. The quantitative estimate of drug-likeness (QED) is 0.176. The van der Waals surface area contributed by atoms with Gasteiger partial charge in [0.2, 0.25) is 0 Å². The van der Waals surface area contributed by atoms with E-state index in [4.69, 9.17) is 0 Å². The van der Waals surface area contributed by atoms with E-state index in [2.05, 4.69) is 207 Å². The van der Waals surface area contributed by atoms with Crippen LogP contribution in [0.3, 0.4) is 0 Å². The van der Waals surface area contributed by atoms with Crippen molar-refractivity contribution in [3.63, 3.8) is 0 Å². The lowest BCUT2D eigenvalue weighted by molar-refractivity contribution is 0.594. The Hall–Kier alpha value is -6.64. The molecule has 0 N–H and O–H groups in total. The molecular weight excluding hydrogens is 677 g/mol. The number of fused-ring (bicyclic) bond motifs is 4. The van der Waals surface area contributed by atoms with E-state index in [-0.39, 0.29) is 10.8 Å². The maximum absolute atomic E-state index is 2.61. The summed E-state index contributed by atoms with van der Waals surface area (Å²) in [6.45, 7) is 9.64. The molecule has 2 aliphatic heterocycles. The summed E-state index contributed by atoms with van der Waals surface area (Å²) in [6.07, 6.45) is 0. The van der Waals surface area contributed by atoms with E-state index in [9.17, 15) is 0 Å². The number of aromatic nitrogens is 1. The first kappa shape index (κ1) is 31.7. The van der Waals surface area contributed by atoms with Crippen molar-refractivity contribution in [2.45, 2.75) is 38.5 Å². The molecule has 2 heteroatoms. The minimum absolute atomic E-state index is 0.0837.